The van der Waals surface area contributed by atoms with Crippen LogP contribution in [0.2, 0.25) is 0 Å². The van der Waals surface area contributed by atoms with Crippen molar-refractivity contribution >= 4 is 17.1 Å². The third-order valence-corrected chi connectivity index (χ3v) is 12.3. The second-order valence-electron chi connectivity index (χ2n) is 16.1. The van der Waals surface area contributed by atoms with Crippen molar-refractivity contribution in [2.75, 3.05) is 4.90 Å². The molecule has 59 heavy (non-hydrogen) atoms. The lowest BCUT2D eigenvalue weighted by Gasteiger charge is -2.29. The minimum absolute atomic E-state index is 0.125. The number of benzene rings is 9. The quantitative estimate of drug-likeness (QED) is 0.168. The Morgan fingerprint density at radius 2 is 0.729 bits per heavy atom. The summed E-state index contributed by atoms with van der Waals surface area (Å²) in [4.78, 5) is 2.40. The molecule has 0 bridgehead atoms. The van der Waals surface area contributed by atoms with Gasteiger partial charge in [-0.25, -0.2) is 0 Å². The Hall–Kier alpha value is -7.42. The first-order valence-corrected chi connectivity index (χ1v) is 20.4. The molecule has 2 heteroatoms. The normalized spacial score (nSPS) is 12.8. The second-order valence-corrected chi connectivity index (χ2v) is 16.1. The van der Waals surface area contributed by atoms with Gasteiger partial charge in [0, 0.05) is 33.6 Å². The van der Waals surface area contributed by atoms with Crippen LogP contribution in [0.4, 0.5) is 17.1 Å². The number of fused-ring (bicyclic) bond motifs is 8. The summed E-state index contributed by atoms with van der Waals surface area (Å²) in [7, 11) is 0. The van der Waals surface area contributed by atoms with E-state index in [2.05, 4.69) is 231 Å². The number of hydrogen-bond donors (Lipinski definition) is 0. The SMILES string of the molecule is CC1(C)c2ccccc2-c2ccc(N(c3ccc(-c4ccccc4)cc3)c3ccc4c(c3)-c3ccccc3-c3cc(-c5ccc(-c6ccccc6)cc5)ccc3O4)cc21. The average Bonchev–Trinajstić information content (AvgIpc) is 3.43. The first kappa shape index (κ1) is 34.8. The van der Waals surface area contributed by atoms with E-state index < -0.39 is 0 Å². The molecule has 0 spiro atoms. The minimum atomic E-state index is -0.125. The zero-order chi connectivity index (χ0) is 39.5. The van der Waals surface area contributed by atoms with Crippen molar-refractivity contribution in [3.05, 3.63) is 223 Å². The maximum absolute atomic E-state index is 6.87. The fourth-order valence-electron chi connectivity index (χ4n) is 9.23. The lowest BCUT2D eigenvalue weighted by atomic mass is 9.82. The van der Waals surface area contributed by atoms with Crippen molar-refractivity contribution in [2.45, 2.75) is 19.3 Å². The van der Waals surface area contributed by atoms with E-state index in [9.17, 15) is 0 Å². The van der Waals surface area contributed by atoms with Gasteiger partial charge in [0.25, 0.3) is 0 Å². The minimum Gasteiger partial charge on any atom is -0.456 e. The molecule has 280 valence electrons. The van der Waals surface area contributed by atoms with Crippen LogP contribution in [-0.2, 0) is 5.41 Å². The van der Waals surface area contributed by atoms with Crippen molar-refractivity contribution in [1.29, 1.82) is 0 Å². The molecule has 9 aromatic rings. The molecule has 0 fully saturated rings. The molecule has 1 aliphatic heterocycles. The molecule has 0 saturated heterocycles. The van der Waals surface area contributed by atoms with Gasteiger partial charge >= 0.3 is 0 Å². The van der Waals surface area contributed by atoms with Gasteiger partial charge < -0.3 is 9.64 Å². The third kappa shape index (κ3) is 5.96. The Labute approximate surface area is 346 Å². The number of ether oxygens (including phenoxy) is 1. The molecule has 0 saturated carbocycles. The molecule has 2 nitrogen and oxygen atoms in total. The second kappa shape index (κ2) is 13.9. The van der Waals surface area contributed by atoms with E-state index in [1.165, 1.54) is 50.1 Å². The maximum Gasteiger partial charge on any atom is 0.135 e. The number of rotatable bonds is 6. The Morgan fingerprint density at radius 1 is 0.305 bits per heavy atom. The highest BCUT2D eigenvalue weighted by Crippen LogP contribution is 2.52. The summed E-state index contributed by atoms with van der Waals surface area (Å²) >= 11 is 0. The Morgan fingerprint density at radius 3 is 1.37 bits per heavy atom. The molecular formula is C57H41NO. The summed E-state index contributed by atoms with van der Waals surface area (Å²) in [5.41, 5.74) is 20.1. The zero-order valence-corrected chi connectivity index (χ0v) is 33.1. The number of nitrogens with zero attached hydrogens (tertiary/aromatic N) is 1. The number of anilines is 3. The van der Waals surface area contributed by atoms with Gasteiger partial charge in [0.15, 0.2) is 0 Å². The highest BCUT2D eigenvalue weighted by atomic mass is 16.5. The summed E-state index contributed by atoms with van der Waals surface area (Å²) < 4.78 is 6.87. The molecule has 0 amide bonds. The van der Waals surface area contributed by atoms with Crippen LogP contribution in [0.25, 0.3) is 66.8 Å². The number of hydrogen-bond acceptors (Lipinski definition) is 2. The van der Waals surface area contributed by atoms with Crippen LogP contribution >= 0.6 is 0 Å². The third-order valence-electron chi connectivity index (χ3n) is 12.3. The van der Waals surface area contributed by atoms with E-state index in [0.29, 0.717) is 0 Å². The van der Waals surface area contributed by atoms with Crippen LogP contribution in [0.1, 0.15) is 25.0 Å². The van der Waals surface area contributed by atoms with Crippen molar-refractivity contribution in [2.24, 2.45) is 0 Å². The fraction of sp³-hybridized carbons (Fsp3) is 0.0526. The van der Waals surface area contributed by atoms with Gasteiger partial charge in [-0.15, -0.1) is 0 Å². The molecular weight excluding hydrogens is 715 g/mol. The van der Waals surface area contributed by atoms with E-state index in [4.69, 9.17) is 4.74 Å². The Bertz CT molecular complexity index is 3020. The Balaban J connectivity index is 1.02. The van der Waals surface area contributed by atoms with E-state index in [-0.39, 0.29) is 5.41 Å². The first-order valence-electron chi connectivity index (χ1n) is 20.4. The predicted molar refractivity (Wildman–Crippen MR) is 246 cm³/mol. The van der Waals surface area contributed by atoms with E-state index in [1.54, 1.807) is 0 Å². The molecule has 11 rings (SSSR count). The summed E-state index contributed by atoms with van der Waals surface area (Å²) in [6.07, 6.45) is 0. The van der Waals surface area contributed by atoms with Gasteiger partial charge in [-0.05, 0) is 121 Å². The summed E-state index contributed by atoms with van der Waals surface area (Å²) in [6, 6.07) is 76.7. The molecule has 9 aromatic carbocycles. The van der Waals surface area contributed by atoms with Crippen molar-refractivity contribution in [3.63, 3.8) is 0 Å². The smallest absolute Gasteiger partial charge is 0.135 e. The summed E-state index contributed by atoms with van der Waals surface area (Å²) in [5, 5.41) is 0. The van der Waals surface area contributed by atoms with Gasteiger partial charge in [0.05, 0.1) is 0 Å². The largest absolute Gasteiger partial charge is 0.456 e. The lowest BCUT2D eigenvalue weighted by Crippen LogP contribution is -2.16. The van der Waals surface area contributed by atoms with E-state index in [1.807, 2.05) is 0 Å². The molecule has 0 radical (unpaired) electrons. The van der Waals surface area contributed by atoms with Crippen molar-refractivity contribution < 1.29 is 4.74 Å². The standard InChI is InChI=1S/C57H41NO/c1-57(2)53-20-12-11-19-49(53)50-32-30-46(37-54(50)57)58(44-28-25-41(26-29-44)39-15-7-4-8-16-39)45-31-34-56-52(36-45)48-18-10-9-17-47(48)51-35-43(27-33-55(51)59-56)42-23-21-40(22-24-42)38-13-5-3-6-14-38/h3-37H,1-2H3. The van der Waals surface area contributed by atoms with Gasteiger partial charge in [0.2, 0.25) is 0 Å². The van der Waals surface area contributed by atoms with E-state index >= 15 is 0 Å². The molecule has 0 N–H and O–H groups in total. The molecule has 0 unspecified atom stereocenters. The van der Waals surface area contributed by atoms with E-state index in [0.717, 1.165) is 56.4 Å². The molecule has 1 aliphatic carbocycles. The van der Waals surface area contributed by atoms with Crippen LogP contribution in [0.15, 0.2) is 212 Å². The fourth-order valence-corrected chi connectivity index (χ4v) is 9.23. The van der Waals surface area contributed by atoms with Gasteiger partial charge in [-0.2, -0.15) is 0 Å². The topological polar surface area (TPSA) is 12.5 Å². The van der Waals surface area contributed by atoms with Crippen molar-refractivity contribution in [1.82, 2.24) is 0 Å². The van der Waals surface area contributed by atoms with Gasteiger partial charge in [0.1, 0.15) is 11.5 Å². The van der Waals surface area contributed by atoms with Crippen LogP contribution < -0.4 is 9.64 Å². The van der Waals surface area contributed by atoms with Crippen LogP contribution in [0.3, 0.4) is 0 Å². The zero-order valence-electron chi connectivity index (χ0n) is 33.1. The molecule has 2 aliphatic rings. The van der Waals surface area contributed by atoms with Gasteiger partial charge in [-0.1, -0.05) is 172 Å². The average molecular weight is 756 g/mol. The highest BCUT2D eigenvalue weighted by molar-refractivity contribution is 5.94. The van der Waals surface area contributed by atoms with Crippen LogP contribution in [0, 0.1) is 0 Å². The molecule has 1 heterocycles. The highest BCUT2D eigenvalue weighted by Gasteiger charge is 2.36. The van der Waals surface area contributed by atoms with Crippen LogP contribution in [0.5, 0.6) is 11.5 Å². The summed E-state index contributed by atoms with van der Waals surface area (Å²) in [5.74, 6) is 1.69. The molecule has 0 aromatic heterocycles. The molecule has 0 atom stereocenters. The summed E-state index contributed by atoms with van der Waals surface area (Å²) in [6.45, 7) is 4.69. The maximum atomic E-state index is 6.87. The van der Waals surface area contributed by atoms with Crippen molar-refractivity contribution in [3.8, 4) is 78.3 Å². The monoisotopic (exact) mass is 755 g/mol. The van der Waals surface area contributed by atoms with Crippen LogP contribution in [-0.4, -0.2) is 0 Å². The first-order chi connectivity index (χ1) is 29.0. The lowest BCUT2D eigenvalue weighted by molar-refractivity contribution is 0.488. The Kier molecular flexibility index (Phi) is 8.20. The predicted octanol–water partition coefficient (Wildman–Crippen LogP) is 15.9. The van der Waals surface area contributed by atoms with Gasteiger partial charge in [-0.3, -0.25) is 0 Å².